The number of rotatable bonds is 8. The Morgan fingerprint density at radius 2 is 1.81 bits per heavy atom. The van der Waals surface area contributed by atoms with E-state index in [0.29, 0.717) is 12.1 Å². The van der Waals surface area contributed by atoms with Crippen LogP contribution in [0.15, 0.2) is 42.5 Å². The number of benzene rings is 2. The number of carbonyl (C=O) groups is 1. The van der Waals surface area contributed by atoms with Crippen LogP contribution in [0.1, 0.15) is 21.5 Å². The van der Waals surface area contributed by atoms with Crippen LogP contribution >= 0.6 is 0 Å². The molecule has 0 atom stereocenters. The highest BCUT2D eigenvalue weighted by Crippen LogP contribution is 2.29. The molecular formula is C19H23F2N2O3+. The van der Waals surface area contributed by atoms with Gasteiger partial charge in [0, 0.05) is 17.7 Å². The van der Waals surface area contributed by atoms with E-state index in [0.717, 1.165) is 17.7 Å². The summed E-state index contributed by atoms with van der Waals surface area (Å²) in [4.78, 5) is 13.7. The highest BCUT2D eigenvalue weighted by atomic mass is 19.3. The molecule has 140 valence electrons. The molecule has 5 nitrogen and oxygen atoms in total. The third-order valence-corrected chi connectivity index (χ3v) is 3.74. The fraction of sp³-hybridized carbons (Fsp3) is 0.316. The quantitative estimate of drug-likeness (QED) is 0.751. The van der Waals surface area contributed by atoms with Gasteiger partial charge in [-0.2, -0.15) is 8.78 Å². The third-order valence-electron chi connectivity index (χ3n) is 3.74. The topological polar surface area (TPSA) is 52.0 Å². The van der Waals surface area contributed by atoms with Crippen LogP contribution in [-0.2, 0) is 13.1 Å². The molecule has 0 aliphatic carbocycles. The molecule has 0 aromatic heterocycles. The Bertz CT molecular complexity index is 751. The van der Waals surface area contributed by atoms with Crippen molar-refractivity contribution >= 4 is 5.91 Å². The lowest BCUT2D eigenvalue weighted by atomic mass is 10.1. The van der Waals surface area contributed by atoms with Crippen LogP contribution in [0.25, 0.3) is 0 Å². The molecule has 7 heteroatoms. The van der Waals surface area contributed by atoms with Crippen molar-refractivity contribution in [2.75, 3.05) is 21.2 Å². The maximum Gasteiger partial charge on any atom is 0.387 e. The van der Waals surface area contributed by atoms with E-state index in [1.165, 1.54) is 30.2 Å². The molecule has 0 fully saturated rings. The second-order valence-corrected chi connectivity index (χ2v) is 6.08. The summed E-state index contributed by atoms with van der Waals surface area (Å²) in [5, 5.41) is 2.85. The van der Waals surface area contributed by atoms with Crippen molar-refractivity contribution in [2.45, 2.75) is 19.7 Å². The highest BCUT2D eigenvalue weighted by molar-refractivity contribution is 5.94. The maximum absolute atomic E-state index is 12.4. The lowest BCUT2D eigenvalue weighted by Gasteiger charge is -2.14. The van der Waals surface area contributed by atoms with Gasteiger partial charge in [-0.3, -0.25) is 4.79 Å². The molecule has 2 rings (SSSR count). The van der Waals surface area contributed by atoms with Crippen molar-refractivity contribution < 1.29 is 27.9 Å². The van der Waals surface area contributed by atoms with Gasteiger partial charge in [-0.05, 0) is 23.8 Å². The SMILES string of the molecule is COc1cc(C(=O)NCc2ccccc2C[NH+](C)C)ccc1OC(F)F. The Labute approximate surface area is 151 Å². The summed E-state index contributed by atoms with van der Waals surface area (Å²) < 4.78 is 34.1. The average molecular weight is 365 g/mol. The second-order valence-electron chi connectivity index (χ2n) is 6.08. The van der Waals surface area contributed by atoms with Gasteiger partial charge in [-0.1, -0.05) is 24.3 Å². The molecule has 0 spiro atoms. The molecule has 26 heavy (non-hydrogen) atoms. The maximum atomic E-state index is 12.4. The van der Waals surface area contributed by atoms with Crippen molar-refractivity contribution in [1.29, 1.82) is 0 Å². The van der Waals surface area contributed by atoms with E-state index >= 15 is 0 Å². The normalized spacial score (nSPS) is 10.9. The zero-order chi connectivity index (χ0) is 19.1. The minimum atomic E-state index is -2.96. The van der Waals surface area contributed by atoms with Gasteiger partial charge in [-0.15, -0.1) is 0 Å². The summed E-state index contributed by atoms with van der Waals surface area (Å²) in [5.74, 6) is -0.355. The minimum absolute atomic E-state index is 0.0783. The average Bonchev–Trinajstić information content (AvgIpc) is 2.60. The Hall–Kier alpha value is -2.67. The molecule has 0 aliphatic heterocycles. The van der Waals surface area contributed by atoms with E-state index in [4.69, 9.17) is 4.74 Å². The predicted molar refractivity (Wildman–Crippen MR) is 93.8 cm³/mol. The van der Waals surface area contributed by atoms with Crippen LogP contribution < -0.4 is 19.7 Å². The zero-order valence-corrected chi connectivity index (χ0v) is 15.0. The van der Waals surface area contributed by atoms with Crippen molar-refractivity contribution in [1.82, 2.24) is 5.32 Å². The molecule has 0 saturated heterocycles. The number of amides is 1. The van der Waals surface area contributed by atoms with Crippen molar-refractivity contribution in [3.05, 3.63) is 59.2 Å². The monoisotopic (exact) mass is 365 g/mol. The fourth-order valence-corrected chi connectivity index (χ4v) is 2.56. The number of nitrogens with one attached hydrogen (secondary N) is 2. The molecule has 0 radical (unpaired) electrons. The summed E-state index contributed by atoms with van der Waals surface area (Å²) in [6, 6.07) is 12.0. The third kappa shape index (κ3) is 5.42. The first kappa shape index (κ1) is 19.7. The van der Waals surface area contributed by atoms with Crippen LogP contribution in [0, 0.1) is 0 Å². The molecular weight excluding hydrogens is 342 g/mol. The first-order valence-corrected chi connectivity index (χ1v) is 8.17. The highest BCUT2D eigenvalue weighted by Gasteiger charge is 2.14. The number of carbonyl (C=O) groups excluding carboxylic acids is 1. The van der Waals surface area contributed by atoms with Crippen molar-refractivity contribution in [3.8, 4) is 11.5 Å². The van der Waals surface area contributed by atoms with Crippen LogP contribution in [-0.4, -0.2) is 33.7 Å². The van der Waals surface area contributed by atoms with Gasteiger partial charge in [0.2, 0.25) is 0 Å². The molecule has 0 saturated carbocycles. The molecule has 0 aliphatic rings. The zero-order valence-electron chi connectivity index (χ0n) is 15.0. The van der Waals surface area contributed by atoms with E-state index in [1.54, 1.807) is 0 Å². The second kappa shape index (κ2) is 9.15. The molecule has 0 unspecified atom stereocenters. The number of ether oxygens (including phenoxy) is 2. The molecule has 0 bridgehead atoms. The van der Waals surface area contributed by atoms with E-state index < -0.39 is 6.61 Å². The van der Waals surface area contributed by atoms with Crippen LogP contribution in [0.3, 0.4) is 0 Å². The number of hydrogen-bond acceptors (Lipinski definition) is 3. The lowest BCUT2D eigenvalue weighted by Crippen LogP contribution is -3.04. The van der Waals surface area contributed by atoms with E-state index in [2.05, 4.69) is 24.1 Å². The number of hydrogen-bond donors (Lipinski definition) is 2. The summed E-state index contributed by atoms with van der Waals surface area (Å²) in [6.45, 7) is -1.74. The molecule has 2 aromatic carbocycles. The minimum Gasteiger partial charge on any atom is -0.493 e. The predicted octanol–water partition coefficient (Wildman–Crippen LogP) is 1.87. The summed E-state index contributed by atoms with van der Waals surface area (Å²) in [5.41, 5.74) is 2.50. The molecule has 0 heterocycles. The Kier molecular flexibility index (Phi) is 6.91. The van der Waals surface area contributed by atoms with E-state index in [-0.39, 0.29) is 17.4 Å². The van der Waals surface area contributed by atoms with Gasteiger partial charge in [0.25, 0.3) is 5.91 Å². The van der Waals surface area contributed by atoms with Gasteiger partial charge in [0.05, 0.1) is 21.2 Å². The Balaban J connectivity index is 2.09. The van der Waals surface area contributed by atoms with Crippen molar-refractivity contribution in [3.63, 3.8) is 0 Å². The standard InChI is InChI=1S/C19H22F2N2O3/c1-23(2)12-15-7-5-4-6-14(15)11-22-18(24)13-8-9-16(26-19(20)21)17(10-13)25-3/h4-10,19H,11-12H2,1-3H3,(H,22,24)/p+1. The summed E-state index contributed by atoms with van der Waals surface area (Å²) >= 11 is 0. The van der Waals surface area contributed by atoms with Gasteiger partial charge in [0.1, 0.15) is 6.54 Å². The Morgan fingerprint density at radius 3 is 2.42 bits per heavy atom. The van der Waals surface area contributed by atoms with Gasteiger partial charge < -0.3 is 19.7 Å². The van der Waals surface area contributed by atoms with E-state index in [9.17, 15) is 13.6 Å². The fourth-order valence-electron chi connectivity index (χ4n) is 2.56. The van der Waals surface area contributed by atoms with Gasteiger partial charge in [-0.25, -0.2) is 0 Å². The summed E-state index contributed by atoms with van der Waals surface area (Å²) in [7, 11) is 5.45. The first-order chi connectivity index (χ1) is 12.4. The number of methoxy groups -OCH3 is 1. The first-order valence-electron chi connectivity index (χ1n) is 8.17. The van der Waals surface area contributed by atoms with Gasteiger partial charge >= 0.3 is 6.61 Å². The Morgan fingerprint density at radius 1 is 1.12 bits per heavy atom. The number of alkyl halides is 2. The van der Waals surface area contributed by atoms with Crippen LogP contribution in [0.4, 0.5) is 8.78 Å². The largest absolute Gasteiger partial charge is 0.493 e. The smallest absolute Gasteiger partial charge is 0.387 e. The van der Waals surface area contributed by atoms with E-state index in [1.807, 2.05) is 24.3 Å². The van der Waals surface area contributed by atoms with Crippen LogP contribution in [0.5, 0.6) is 11.5 Å². The van der Waals surface area contributed by atoms with Crippen molar-refractivity contribution in [2.24, 2.45) is 0 Å². The van der Waals surface area contributed by atoms with Crippen LogP contribution in [0.2, 0.25) is 0 Å². The molecule has 2 aromatic rings. The summed E-state index contributed by atoms with van der Waals surface area (Å²) in [6.07, 6.45) is 0. The molecule has 2 N–H and O–H groups in total. The number of quaternary nitrogens is 1. The van der Waals surface area contributed by atoms with Gasteiger partial charge in [0.15, 0.2) is 11.5 Å². The number of halogens is 2. The molecule has 1 amide bonds. The lowest BCUT2D eigenvalue weighted by molar-refractivity contribution is -0.872.